The van der Waals surface area contributed by atoms with Gasteiger partial charge in [-0.1, -0.05) is 42.1 Å². The molecule has 104 valence electrons. The van der Waals surface area contributed by atoms with Gasteiger partial charge in [-0.25, -0.2) is 4.79 Å². The minimum Gasteiger partial charge on any atom is -0.445 e. The van der Waals surface area contributed by atoms with Crippen molar-refractivity contribution in [1.29, 1.82) is 0 Å². The van der Waals surface area contributed by atoms with Crippen LogP contribution in [0, 0.1) is 0 Å². The van der Waals surface area contributed by atoms with Crippen molar-refractivity contribution in [2.45, 2.75) is 18.3 Å². The molecule has 1 aromatic rings. The molecule has 3 rings (SSSR count). The Morgan fingerprint density at radius 2 is 2.15 bits per heavy atom. The Morgan fingerprint density at radius 1 is 1.35 bits per heavy atom. The van der Waals surface area contributed by atoms with Crippen LogP contribution in [-0.2, 0) is 16.1 Å². The van der Waals surface area contributed by atoms with Crippen LogP contribution in [0.3, 0.4) is 0 Å². The van der Waals surface area contributed by atoms with Gasteiger partial charge in [0.05, 0.1) is 0 Å². The molecular formula is C15H15NO3S. The van der Waals surface area contributed by atoms with E-state index in [1.165, 1.54) is 11.8 Å². The molecule has 1 aromatic carbocycles. The maximum absolute atomic E-state index is 12.0. The van der Waals surface area contributed by atoms with Gasteiger partial charge < -0.3 is 9.64 Å². The Balaban J connectivity index is 1.56. The Morgan fingerprint density at radius 3 is 2.95 bits per heavy atom. The van der Waals surface area contributed by atoms with E-state index in [4.69, 9.17) is 4.74 Å². The molecule has 2 aliphatic rings. The van der Waals surface area contributed by atoms with Crippen molar-refractivity contribution in [3.63, 3.8) is 0 Å². The van der Waals surface area contributed by atoms with E-state index >= 15 is 0 Å². The highest BCUT2D eigenvalue weighted by Gasteiger charge is 2.33. The number of amides is 1. The van der Waals surface area contributed by atoms with Gasteiger partial charge in [-0.15, -0.1) is 0 Å². The predicted molar refractivity (Wildman–Crippen MR) is 77.3 cm³/mol. The number of hydrogen-bond acceptors (Lipinski definition) is 4. The second-order valence-electron chi connectivity index (χ2n) is 4.90. The van der Waals surface area contributed by atoms with Crippen LogP contribution in [0.1, 0.15) is 12.0 Å². The third-order valence-electron chi connectivity index (χ3n) is 3.47. The number of carbonyl (C=O) groups is 2. The van der Waals surface area contributed by atoms with Crippen molar-refractivity contribution in [3.8, 4) is 0 Å². The van der Waals surface area contributed by atoms with Gasteiger partial charge >= 0.3 is 6.09 Å². The first kappa shape index (κ1) is 13.2. The number of rotatable bonds is 2. The predicted octanol–water partition coefficient (Wildman–Crippen LogP) is 2.60. The van der Waals surface area contributed by atoms with Crippen LogP contribution in [0.15, 0.2) is 42.0 Å². The van der Waals surface area contributed by atoms with Crippen molar-refractivity contribution in [2.24, 2.45) is 0 Å². The first-order chi connectivity index (χ1) is 9.72. The molecule has 0 saturated carbocycles. The molecule has 2 aliphatic heterocycles. The SMILES string of the molecule is O=C1C=C2CN(C(=O)OCc3ccccc3)CCC2S1. The Kier molecular flexibility index (Phi) is 3.78. The Labute approximate surface area is 121 Å². The first-order valence-electron chi connectivity index (χ1n) is 6.59. The quantitative estimate of drug-likeness (QED) is 0.839. The van der Waals surface area contributed by atoms with Crippen LogP contribution in [0.25, 0.3) is 0 Å². The van der Waals surface area contributed by atoms with Gasteiger partial charge in [-0.05, 0) is 23.6 Å². The van der Waals surface area contributed by atoms with Crippen molar-refractivity contribution in [2.75, 3.05) is 13.1 Å². The third-order valence-corrected chi connectivity index (χ3v) is 4.65. The molecule has 1 unspecified atom stereocenters. The van der Waals surface area contributed by atoms with Crippen LogP contribution in [-0.4, -0.2) is 34.4 Å². The van der Waals surface area contributed by atoms with Gasteiger partial charge in [0.2, 0.25) is 5.12 Å². The fourth-order valence-corrected chi connectivity index (χ4v) is 3.44. The highest BCUT2D eigenvalue weighted by Crippen LogP contribution is 2.34. The number of thioether (sulfide) groups is 1. The summed E-state index contributed by atoms with van der Waals surface area (Å²) in [5.41, 5.74) is 2.02. The zero-order valence-corrected chi connectivity index (χ0v) is 11.8. The van der Waals surface area contributed by atoms with Gasteiger partial charge in [-0.2, -0.15) is 0 Å². The number of piperidine rings is 1. The number of likely N-dealkylation sites (tertiary alicyclic amines) is 1. The molecule has 1 amide bonds. The lowest BCUT2D eigenvalue weighted by Crippen LogP contribution is -2.40. The van der Waals surface area contributed by atoms with E-state index in [2.05, 4.69) is 0 Å². The number of carbonyl (C=O) groups excluding carboxylic acids is 2. The number of hydrogen-bond donors (Lipinski definition) is 0. The topological polar surface area (TPSA) is 46.6 Å². The summed E-state index contributed by atoms with van der Waals surface area (Å²) in [5, 5.41) is 0.366. The molecule has 0 radical (unpaired) electrons. The van der Waals surface area contributed by atoms with E-state index in [-0.39, 0.29) is 23.1 Å². The van der Waals surface area contributed by atoms with E-state index in [1.54, 1.807) is 11.0 Å². The highest BCUT2D eigenvalue weighted by atomic mass is 32.2. The average Bonchev–Trinajstić information content (AvgIpc) is 2.85. The highest BCUT2D eigenvalue weighted by molar-refractivity contribution is 8.15. The summed E-state index contributed by atoms with van der Waals surface area (Å²) < 4.78 is 5.31. The second-order valence-corrected chi connectivity index (χ2v) is 6.10. The lowest BCUT2D eigenvalue weighted by molar-refractivity contribution is -0.106. The van der Waals surface area contributed by atoms with E-state index < -0.39 is 0 Å². The molecule has 20 heavy (non-hydrogen) atoms. The molecule has 0 aliphatic carbocycles. The van der Waals surface area contributed by atoms with Crippen molar-refractivity contribution in [1.82, 2.24) is 4.90 Å². The zero-order chi connectivity index (χ0) is 13.9. The Hall–Kier alpha value is -1.75. The maximum atomic E-state index is 12.0. The molecule has 5 heteroatoms. The molecule has 2 heterocycles. The van der Waals surface area contributed by atoms with Gasteiger partial charge in [0.15, 0.2) is 0 Å². The normalized spacial score (nSPS) is 21.4. The van der Waals surface area contributed by atoms with E-state index in [0.29, 0.717) is 13.1 Å². The second kappa shape index (κ2) is 5.71. The van der Waals surface area contributed by atoms with Crippen LogP contribution >= 0.6 is 11.8 Å². The smallest absolute Gasteiger partial charge is 0.410 e. The number of ether oxygens (including phenoxy) is 1. The summed E-state index contributed by atoms with van der Waals surface area (Å²) in [5.74, 6) is 0. The Bertz CT molecular complexity index is 555. The maximum Gasteiger partial charge on any atom is 0.410 e. The summed E-state index contributed by atoms with van der Waals surface area (Å²) in [7, 11) is 0. The largest absolute Gasteiger partial charge is 0.445 e. The standard InChI is InChI=1S/C15H15NO3S/c17-14-8-12-9-16(7-6-13(12)20-14)15(18)19-10-11-4-2-1-3-5-11/h1-5,8,13H,6-7,9-10H2. The monoisotopic (exact) mass is 289 g/mol. The summed E-state index contributed by atoms with van der Waals surface area (Å²) in [4.78, 5) is 25.0. The number of fused-ring (bicyclic) bond motifs is 1. The van der Waals surface area contributed by atoms with Crippen molar-refractivity contribution in [3.05, 3.63) is 47.5 Å². The molecule has 0 aromatic heterocycles. The molecule has 1 fully saturated rings. The van der Waals surface area contributed by atoms with Gasteiger partial charge in [-0.3, -0.25) is 4.79 Å². The molecule has 0 N–H and O–H groups in total. The molecule has 1 saturated heterocycles. The minimum atomic E-state index is -0.308. The summed E-state index contributed by atoms with van der Waals surface area (Å²) >= 11 is 1.36. The van der Waals surface area contributed by atoms with Gasteiger partial charge in [0, 0.05) is 18.3 Å². The fourth-order valence-electron chi connectivity index (χ4n) is 2.42. The summed E-state index contributed by atoms with van der Waals surface area (Å²) in [6.07, 6.45) is 2.17. The van der Waals surface area contributed by atoms with Crippen LogP contribution in [0.4, 0.5) is 4.79 Å². The first-order valence-corrected chi connectivity index (χ1v) is 7.47. The zero-order valence-electron chi connectivity index (χ0n) is 11.0. The van der Waals surface area contributed by atoms with E-state index in [0.717, 1.165) is 17.6 Å². The lowest BCUT2D eigenvalue weighted by atomic mass is 10.1. The van der Waals surface area contributed by atoms with Crippen molar-refractivity contribution < 1.29 is 14.3 Å². The van der Waals surface area contributed by atoms with Crippen LogP contribution in [0.2, 0.25) is 0 Å². The minimum absolute atomic E-state index is 0.101. The van der Waals surface area contributed by atoms with E-state index in [9.17, 15) is 9.59 Å². The molecule has 1 atom stereocenters. The van der Waals surface area contributed by atoms with Crippen molar-refractivity contribution >= 4 is 23.0 Å². The van der Waals surface area contributed by atoms with Crippen LogP contribution in [0.5, 0.6) is 0 Å². The van der Waals surface area contributed by atoms with Gasteiger partial charge in [0.25, 0.3) is 0 Å². The fraction of sp³-hybridized carbons (Fsp3) is 0.333. The lowest BCUT2D eigenvalue weighted by Gasteiger charge is -2.30. The van der Waals surface area contributed by atoms with Crippen LogP contribution < -0.4 is 0 Å². The number of nitrogens with zero attached hydrogens (tertiary/aromatic N) is 1. The molecule has 4 nitrogen and oxygen atoms in total. The molecule has 0 bridgehead atoms. The number of benzene rings is 1. The third kappa shape index (κ3) is 2.88. The summed E-state index contributed by atoms with van der Waals surface area (Å²) in [6.45, 7) is 1.44. The van der Waals surface area contributed by atoms with E-state index in [1.807, 2.05) is 30.3 Å². The molecule has 0 spiro atoms. The van der Waals surface area contributed by atoms with Gasteiger partial charge in [0.1, 0.15) is 6.61 Å². The summed E-state index contributed by atoms with van der Waals surface area (Å²) in [6, 6.07) is 9.61. The average molecular weight is 289 g/mol. The molecular weight excluding hydrogens is 274 g/mol.